The fourth-order valence-corrected chi connectivity index (χ4v) is 1.42. The van der Waals surface area contributed by atoms with Crippen LogP contribution in [0, 0.1) is 0 Å². The van der Waals surface area contributed by atoms with E-state index in [9.17, 15) is 8.78 Å². The summed E-state index contributed by atoms with van der Waals surface area (Å²) in [6.07, 6.45) is 0.689. The van der Waals surface area contributed by atoms with Gasteiger partial charge in [-0.05, 0) is 29.3 Å². The molecule has 0 fully saturated rings. The van der Waals surface area contributed by atoms with Crippen LogP contribution in [0.3, 0.4) is 0 Å². The van der Waals surface area contributed by atoms with Gasteiger partial charge in [0, 0.05) is 0 Å². The summed E-state index contributed by atoms with van der Waals surface area (Å²) >= 11 is 4.92. The molecule has 1 rings (SSSR count). The molecule has 0 aromatic heterocycles. The molecule has 0 heterocycles. The number of oxime groups is 1. The third kappa shape index (κ3) is 3.06. The van der Waals surface area contributed by atoms with Crippen LogP contribution in [0.2, 0.25) is 0 Å². The van der Waals surface area contributed by atoms with E-state index in [0.717, 1.165) is 0 Å². The van der Waals surface area contributed by atoms with Crippen LogP contribution in [0.1, 0.15) is 11.5 Å². The second kappa shape index (κ2) is 5.12. The first-order chi connectivity index (χ1) is 7.49. The van der Waals surface area contributed by atoms with Crippen molar-refractivity contribution in [3.05, 3.63) is 29.8 Å². The highest BCUT2D eigenvalue weighted by Crippen LogP contribution is 2.36. The van der Waals surface area contributed by atoms with Gasteiger partial charge in [-0.2, -0.15) is 8.78 Å². The van der Waals surface area contributed by atoms with Crippen molar-refractivity contribution in [3.8, 4) is 5.75 Å². The van der Waals surface area contributed by atoms with Crippen LogP contribution in [0.5, 0.6) is 5.75 Å². The minimum Gasteiger partial charge on any atom is -0.497 e. The minimum atomic E-state index is -3.51. The van der Waals surface area contributed by atoms with E-state index in [1.807, 2.05) is 0 Å². The molecule has 1 N–H and O–H groups in total. The molecule has 3 nitrogen and oxygen atoms in total. The lowest BCUT2D eigenvalue weighted by Crippen LogP contribution is -2.20. The number of rotatable bonds is 4. The Hall–Kier alpha value is -1.36. The standard InChI is InChI=1S/C10H10ClF2NO2/c1-16-8-4-2-7(3-5-8)9(6-14-15)10(11,12)13/h2-6,9,15H,1H3/b14-6-. The van der Waals surface area contributed by atoms with Crippen LogP contribution in [0.25, 0.3) is 0 Å². The van der Waals surface area contributed by atoms with Crippen molar-refractivity contribution in [2.75, 3.05) is 7.11 Å². The first kappa shape index (κ1) is 12.7. The van der Waals surface area contributed by atoms with Gasteiger partial charge in [0.05, 0.1) is 13.3 Å². The second-order valence-corrected chi connectivity index (χ2v) is 3.56. The monoisotopic (exact) mass is 249 g/mol. The highest BCUT2D eigenvalue weighted by molar-refractivity contribution is 6.23. The minimum absolute atomic E-state index is 0.235. The van der Waals surface area contributed by atoms with Gasteiger partial charge in [0.1, 0.15) is 11.7 Å². The van der Waals surface area contributed by atoms with Crippen molar-refractivity contribution in [1.29, 1.82) is 0 Å². The van der Waals surface area contributed by atoms with Gasteiger partial charge in [-0.1, -0.05) is 12.1 Å². The summed E-state index contributed by atoms with van der Waals surface area (Å²) in [6, 6.07) is 5.91. The maximum Gasteiger partial charge on any atom is 0.333 e. The number of ether oxygens (including phenoxy) is 1. The van der Waals surface area contributed by atoms with Crippen LogP contribution >= 0.6 is 11.6 Å². The highest BCUT2D eigenvalue weighted by atomic mass is 35.5. The van der Waals surface area contributed by atoms with Crippen LogP contribution in [0.15, 0.2) is 29.4 Å². The Balaban J connectivity index is 3.02. The Kier molecular flexibility index (Phi) is 4.06. The molecule has 0 saturated heterocycles. The van der Waals surface area contributed by atoms with Gasteiger partial charge in [0.15, 0.2) is 0 Å². The summed E-state index contributed by atoms with van der Waals surface area (Å²) < 4.78 is 30.8. The molecule has 1 atom stereocenters. The van der Waals surface area contributed by atoms with Crippen molar-refractivity contribution < 1.29 is 18.7 Å². The number of halogens is 3. The number of alkyl halides is 3. The molecular formula is C10H10ClF2NO2. The molecule has 1 aromatic carbocycles. The highest BCUT2D eigenvalue weighted by Gasteiger charge is 2.37. The van der Waals surface area contributed by atoms with E-state index in [4.69, 9.17) is 21.5 Å². The largest absolute Gasteiger partial charge is 0.497 e. The molecule has 0 amide bonds. The van der Waals surface area contributed by atoms with Crippen LogP contribution in [0.4, 0.5) is 8.78 Å². The van der Waals surface area contributed by atoms with E-state index in [1.54, 1.807) is 0 Å². The fourth-order valence-electron chi connectivity index (χ4n) is 1.24. The summed E-state index contributed by atoms with van der Waals surface area (Å²) in [5, 5.41) is 7.40. The molecule has 0 radical (unpaired) electrons. The van der Waals surface area contributed by atoms with E-state index >= 15 is 0 Å². The Morgan fingerprint density at radius 1 is 1.44 bits per heavy atom. The number of hydrogen-bond donors (Lipinski definition) is 1. The molecule has 0 aliphatic rings. The lowest BCUT2D eigenvalue weighted by molar-refractivity contribution is 0.0866. The second-order valence-electron chi connectivity index (χ2n) is 3.06. The predicted molar refractivity (Wildman–Crippen MR) is 56.8 cm³/mol. The summed E-state index contributed by atoms with van der Waals surface area (Å²) in [6.45, 7) is 0. The molecule has 0 aliphatic carbocycles. The molecular weight excluding hydrogens is 240 g/mol. The lowest BCUT2D eigenvalue weighted by Gasteiger charge is -2.17. The number of benzene rings is 1. The van der Waals surface area contributed by atoms with E-state index < -0.39 is 11.3 Å². The Labute approximate surface area is 96.3 Å². The molecule has 1 unspecified atom stereocenters. The van der Waals surface area contributed by atoms with Gasteiger partial charge >= 0.3 is 5.38 Å². The van der Waals surface area contributed by atoms with Crippen molar-refractivity contribution in [2.24, 2.45) is 5.16 Å². The van der Waals surface area contributed by atoms with E-state index in [0.29, 0.717) is 12.0 Å². The first-order valence-corrected chi connectivity index (χ1v) is 4.75. The number of hydrogen-bond acceptors (Lipinski definition) is 3. The van der Waals surface area contributed by atoms with Gasteiger partial charge in [-0.25, -0.2) is 0 Å². The topological polar surface area (TPSA) is 41.8 Å². The van der Waals surface area contributed by atoms with Crippen LogP contribution < -0.4 is 4.74 Å². The van der Waals surface area contributed by atoms with Crippen LogP contribution in [-0.2, 0) is 0 Å². The average Bonchev–Trinajstić information content (AvgIpc) is 2.25. The SMILES string of the molecule is COc1ccc(C(/C=N\O)C(F)(F)Cl)cc1. The van der Waals surface area contributed by atoms with Gasteiger partial charge in [-0.15, -0.1) is 5.16 Å². The normalized spacial score (nSPS) is 14.0. The molecule has 88 valence electrons. The van der Waals surface area contributed by atoms with E-state index in [-0.39, 0.29) is 5.56 Å². The first-order valence-electron chi connectivity index (χ1n) is 4.37. The van der Waals surface area contributed by atoms with Gasteiger partial charge < -0.3 is 9.94 Å². The Morgan fingerprint density at radius 3 is 2.38 bits per heavy atom. The molecule has 16 heavy (non-hydrogen) atoms. The average molecular weight is 250 g/mol. The third-order valence-electron chi connectivity index (χ3n) is 2.04. The summed E-state index contributed by atoms with van der Waals surface area (Å²) in [5.41, 5.74) is 0.235. The lowest BCUT2D eigenvalue weighted by atomic mass is 10.0. The van der Waals surface area contributed by atoms with Gasteiger partial charge in [0.2, 0.25) is 0 Å². The van der Waals surface area contributed by atoms with Crippen molar-refractivity contribution in [1.82, 2.24) is 0 Å². The Bertz CT molecular complexity index is 362. The van der Waals surface area contributed by atoms with Gasteiger partial charge in [0.25, 0.3) is 0 Å². The molecule has 0 bridgehead atoms. The molecule has 0 spiro atoms. The summed E-state index contributed by atoms with van der Waals surface area (Å²) in [4.78, 5) is 0. The summed E-state index contributed by atoms with van der Waals surface area (Å²) in [7, 11) is 1.47. The van der Waals surface area contributed by atoms with Crippen molar-refractivity contribution >= 4 is 17.8 Å². The van der Waals surface area contributed by atoms with E-state index in [1.165, 1.54) is 31.4 Å². The third-order valence-corrected chi connectivity index (χ3v) is 2.28. The quantitative estimate of drug-likeness (QED) is 0.386. The zero-order chi connectivity index (χ0) is 12.2. The number of methoxy groups -OCH3 is 1. The maximum absolute atomic E-state index is 13.0. The van der Waals surface area contributed by atoms with Gasteiger partial charge in [-0.3, -0.25) is 0 Å². The van der Waals surface area contributed by atoms with Crippen molar-refractivity contribution in [2.45, 2.75) is 11.3 Å². The molecule has 0 aliphatic heterocycles. The van der Waals surface area contributed by atoms with E-state index in [2.05, 4.69) is 5.16 Å². The maximum atomic E-state index is 13.0. The zero-order valence-electron chi connectivity index (χ0n) is 8.40. The smallest absolute Gasteiger partial charge is 0.333 e. The molecule has 1 aromatic rings. The van der Waals surface area contributed by atoms with Crippen LogP contribution in [-0.4, -0.2) is 23.9 Å². The predicted octanol–water partition coefficient (Wildman–Crippen LogP) is 3.07. The molecule has 6 heteroatoms. The zero-order valence-corrected chi connectivity index (χ0v) is 9.16. The summed E-state index contributed by atoms with van der Waals surface area (Å²) in [5.74, 6) is -0.939. The number of nitrogens with zero attached hydrogens (tertiary/aromatic N) is 1. The molecule has 0 saturated carbocycles. The Morgan fingerprint density at radius 2 is 2.00 bits per heavy atom. The van der Waals surface area contributed by atoms with Crippen molar-refractivity contribution in [3.63, 3.8) is 0 Å². The fraction of sp³-hybridized carbons (Fsp3) is 0.300.